The monoisotopic (exact) mass is 407 g/mol. The van der Waals surface area contributed by atoms with E-state index in [2.05, 4.69) is 24.5 Å². The summed E-state index contributed by atoms with van der Waals surface area (Å²) in [5.74, 6) is -0.0639. The van der Waals surface area contributed by atoms with Crippen LogP contribution in [0.5, 0.6) is 0 Å². The van der Waals surface area contributed by atoms with E-state index in [1.165, 1.54) is 5.56 Å². The summed E-state index contributed by atoms with van der Waals surface area (Å²) in [6, 6.07) is 12.7. The molecule has 0 fully saturated rings. The molecule has 0 aliphatic carbocycles. The van der Waals surface area contributed by atoms with Crippen LogP contribution < -0.4 is 10.6 Å². The van der Waals surface area contributed by atoms with Gasteiger partial charge in [-0.05, 0) is 42.8 Å². The zero-order valence-corrected chi connectivity index (χ0v) is 17.1. The quantitative estimate of drug-likeness (QED) is 0.703. The summed E-state index contributed by atoms with van der Waals surface area (Å²) >= 11 is 12.1. The summed E-state index contributed by atoms with van der Waals surface area (Å²) < 4.78 is 0. The van der Waals surface area contributed by atoms with Crippen LogP contribution in [0.25, 0.3) is 0 Å². The van der Waals surface area contributed by atoms with Crippen molar-refractivity contribution >= 4 is 46.4 Å². The Morgan fingerprint density at radius 3 is 1.96 bits per heavy atom. The highest BCUT2D eigenvalue weighted by molar-refractivity contribution is 6.39. The first-order chi connectivity index (χ1) is 12.8. The maximum atomic E-state index is 12.2. The lowest BCUT2D eigenvalue weighted by atomic mass is 10.0. The Bertz CT molecular complexity index is 787. The molecule has 0 spiro atoms. The Morgan fingerprint density at radius 1 is 0.926 bits per heavy atom. The molecule has 0 saturated heterocycles. The van der Waals surface area contributed by atoms with Gasteiger partial charge < -0.3 is 10.6 Å². The lowest BCUT2D eigenvalue weighted by Gasteiger charge is -2.17. The molecule has 0 aliphatic rings. The van der Waals surface area contributed by atoms with E-state index in [1.54, 1.807) is 30.1 Å². The van der Waals surface area contributed by atoms with Crippen molar-refractivity contribution in [3.63, 3.8) is 0 Å². The number of nitrogens with one attached hydrogen (secondary N) is 2. The van der Waals surface area contributed by atoms with Gasteiger partial charge in [-0.1, -0.05) is 55.2 Å². The molecule has 2 aromatic rings. The zero-order chi connectivity index (χ0) is 20.0. The largest absolute Gasteiger partial charge is 0.325 e. The summed E-state index contributed by atoms with van der Waals surface area (Å²) in [7, 11) is 1.69. The van der Waals surface area contributed by atoms with Crippen LogP contribution >= 0.6 is 23.2 Å². The Labute approximate surface area is 169 Å². The molecule has 27 heavy (non-hydrogen) atoms. The minimum Gasteiger partial charge on any atom is -0.325 e. The maximum absolute atomic E-state index is 12.2. The van der Waals surface area contributed by atoms with Crippen LogP contribution in [-0.2, 0) is 9.59 Å². The van der Waals surface area contributed by atoms with Gasteiger partial charge in [0, 0.05) is 5.69 Å². The normalized spacial score (nSPS) is 10.9. The number of hydrogen-bond acceptors (Lipinski definition) is 3. The lowest BCUT2D eigenvalue weighted by Crippen LogP contribution is -2.36. The zero-order valence-electron chi connectivity index (χ0n) is 15.6. The molecule has 0 unspecified atom stereocenters. The van der Waals surface area contributed by atoms with Crippen molar-refractivity contribution in [2.24, 2.45) is 0 Å². The molecule has 7 heteroatoms. The fraction of sp³-hybridized carbons (Fsp3) is 0.300. The summed E-state index contributed by atoms with van der Waals surface area (Å²) in [4.78, 5) is 25.9. The molecule has 2 rings (SSSR count). The van der Waals surface area contributed by atoms with Crippen LogP contribution in [0.4, 0.5) is 11.4 Å². The topological polar surface area (TPSA) is 61.4 Å². The smallest absolute Gasteiger partial charge is 0.238 e. The number of halogens is 2. The molecule has 0 saturated carbocycles. The third-order valence-electron chi connectivity index (χ3n) is 3.92. The first-order valence-corrected chi connectivity index (χ1v) is 9.34. The molecule has 0 aliphatic heterocycles. The van der Waals surface area contributed by atoms with Gasteiger partial charge >= 0.3 is 0 Å². The number of amides is 2. The van der Waals surface area contributed by atoms with Gasteiger partial charge in [0.1, 0.15) is 0 Å². The number of benzene rings is 2. The number of hydrogen-bond donors (Lipinski definition) is 2. The van der Waals surface area contributed by atoms with E-state index in [-0.39, 0.29) is 24.9 Å². The maximum Gasteiger partial charge on any atom is 0.238 e. The highest BCUT2D eigenvalue weighted by Gasteiger charge is 2.14. The average molecular weight is 408 g/mol. The van der Waals surface area contributed by atoms with Gasteiger partial charge in [-0.2, -0.15) is 0 Å². The van der Waals surface area contributed by atoms with Crippen LogP contribution in [0.1, 0.15) is 25.3 Å². The molecule has 0 heterocycles. The first-order valence-electron chi connectivity index (χ1n) is 8.58. The highest BCUT2D eigenvalue weighted by Crippen LogP contribution is 2.29. The SMILES string of the molecule is CC(C)c1ccc(NC(=O)CN(C)CC(=O)Nc2c(Cl)cccc2Cl)cc1. The number of carbonyl (C=O) groups excluding carboxylic acids is 2. The third-order valence-corrected chi connectivity index (χ3v) is 4.55. The molecular formula is C20H23Cl2N3O2. The minimum atomic E-state index is -0.304. The first kappa shape index (κ1) is 21.2. The Morgan fingerprint density at radius 2 is 1.44 bits per heavy atom. The average Bonchev–Trinajstić information content (AvgIpc) is 2.58. The van der Waals surface area contributed by atoms with Crippen molar-refractivity contribution in [3.8, 4) is 0 Å². The minimum absolute atomic E-state index is 0.0290. The second kappa shape index (κ2) is 9.74. The number of para-hydroxylation sites is 1. The van der Waals surface area contributed by atoms with Gasteiger partial charge in [0.2, 0.25) is 11.8 Å². The van der Waals surface area contributed by atoms with Gasteiger partial charge in [-0.3, -0.25) is 14.5 Å². The number of likely N-dealkylation sites (N-methyl/N-ethyl adjacent to an activating group) is 1. The van der Waals surface area contributed by atoms with Gasteiger partial charge in [0.05, 0.1) is 28.8 Å². The predicted octanol–water partition coefficient (Wildman–Crippen LogP) is 4.63. The van der Waals surface area contributed by atoms with Crippen molar-refractivity contribution in [2.75, 3.05) is 30.8 Å². The van der Waals surface area contributed by atoms with Crippen molar-refractivity contribution in [1.29, 1.82) is 0 Å². The lowest BCUT2D eigenvalue weighted by molar-refractivity contribution is -0.119. The van der Waals surface area contributed by atoms with E-state index in [0.717, 1.165) is 5.69 Å². The van der Waals surface area contributed by atoms with E-state index in [4.69, 9.17) is 23.2 Å². The Hall–Kier alpha value is -2.08. The van der Waals surface area contributed by atoms with Gasteiger partial charge in [-0.15, -0.1) is 0 Å². The Balaban J connectivity index is 1.84. The van der Waals surface area contributed by atoms with E-state index in [0.29, 0.717) is 21.7 Å². The number of carbonyl (C=O) groups is 2. The number of anilines is 2. The van der Waals surface area contributed by atoms with E-state index < -0.39 is 0 Å². The van der Waals surface area contributed by atoms with Crippen LogP contribution in [0, 0.1) is 0 Å². The summed E-state index contributed by atoms with van der Waals surface area (Å²) in [5.41, 5.74) is 2.30. The van der Waals surface area contributed by atoms with Crippen molar-refractivity contribution < 1.29 is 9.59 Å². The van der Waals surface area contributed by atoms with E-state index >= 15 is 0 Å². The standard InChI is InChI=1S/C20H23Cl2N3O2/c1-13(2)14-7-9-15(10-8-14)23-18(26)11-25(3)12-19(27)24-20-16(21)5-4-6-17(20)22/h4-10,13H,11-12H2,1-3H3,(H,23,26)(H,24,27). The number of rotatable bonds is 7. The fourth-order valence-electron chi connectivity index (χ4n) is 2.49. The summed E-state index contributed by atoms with van der Waals surface area (Å²) in [5, 5.41) is 6.22. The van der Waals surface area contributed by atoms with Gasteiger partial charge in [0.15, 0.2) is 0 Å². The molecule has 0 radical (unpaired) electrons. The predicted molar refractivity (Wildman–Crippen MR) is 112 cm³/mol. The van der Waals surface area contributed by atoms with Gasteiger partial charge in [-0.25, -0.2) is 0 Å². The summed E-state index contributed by atoms with van der Waals surface area (Å²) in [6.07, 6.45) is 0. The van der Waals surface area contributed by atoms with Crippen LogP contribution in [0.3, 0.4) is 0 Å². The molecule has 0 bridgehead atoms. The van der Waals surface area contributed by atoms with Crippen molar-refractivity contribution in [3.05, 3.63) is 58.1 Å². The molecule has 0 aromatic heterocycles. The Kier molecular flexibility index (Phi) is 7.66. The molecular weight excluding hydrogens is 385 g/mol. The second-order valence-electron chi connectivity index (χ2n) is 6.64. The highest BCUT2D eigenvalue weighted by atomic mass is 35.5. The molecule has 2 aromatic carbocycles. The molecule has 5 nitrogen and oxygen atoms in total. The van der Waals surface area contributed by atoms with Gasteiger partial charge in [0.25, 0.3) is 0 Å². The third kappa shape index (κ3) is 6.54. The van der Waals surface area contributed by atoms with Crippen LogP contribution in [-0.4, -0.2) is 36.9 Å². The summed E-state index contributed by atoms with van der Waals surface area (Å²) in [6.45, 7) is 4.34. The molecule has 144 valence electrons. The fourth-order valence-corrected chi connectivity index (χ4v) is 2.99. The molecule has 2 amide bonds. The van der Waals surface area contributed by atoms with E-state index in [1.807, 2.05) is 24.3 Å². The second-order valence-corrected chi connectivity index (χ2v) is 7.46. The van der Waals surface area contributed by atoms with Crippen molar-refractivity contribution in [1.82, 2.24) is 4.90 Å². The number of nitrogens with zero attached hydrogens (tertiary/aromatic N) is 1. The molecule has 2 N–H and O–H groups in total. The van der Waals surface area contributed by atoms with Crippen LogP contribution in [0.2, 0.25) is 10.0 Å². The van der Waals surface area contributed by atoms with E-state index in [9.17, 15) is 9.59 Å². The van der Waals surface area contributed by atoms with Crippen LogP contribution in [0.15, 0.2) is 42.5 Å². The van der Waals surface area contributed by atoms with Crippen molar-refractivity contribution in [2.45, 2.75) is 19.8 Å². The molecule has 0 atom stereocenters.